The van der Waals surface area contributed by atoms with Gasteiger partial charge in [-0.05, 0) is 11.8 Å². The molecule has 112 valence electrons. The fourth-order valence-corrected chi connectivity index (χ4v) is 1.23. The molecule has 0 fully saturated rings. The van der Waals surface area contributed by atoms with Crippen LogP contribution in [-0.2, 0) is 14.3 Å². The molecule has 0 aromatic heterocycles. The van der Waals surface area contributed by atoms with Crippen LogP contribution in [0.15, 0.2) is 0 Å². The Morgan fingerprint density at radius 2 is 1.79 bits per heavy atom. The Labute approximate surface area is 115 Å². The third-order valence-electron chi connectivity index (χ3n) is 2.46. The largest absolute Gasteiger partial charge is 0.379 e. The molecule has 0 unspecified atom stereocenters. The first-order valence-electron chi connectivity index (χ1n) is 6.72. The van der Waals surface area contributed by atoms with Crippen molar-refractivity contribution >= 4 is 11.8 Å². The van der Waals surface area contributed by atoms with Gasteiger partial charge in [-0.15, -0.1) is 0 Å². The van der Waals surface area contributed by atoms with Crippen LogP contribution < -0.4 is 16.4 Å². The minimum absolute atomic E-state index is 0.0486. The Balaban J connectivity index is 3.62. The second-order valence-corrected chi connectivity index (χ2v) is 5.31. The summed E-state index contributed by atoms with van der Waals surface area (Å²) in [6.45, 7) is 9.38. The SMILES string of the molecule is CC(C)COCCNC(=O)CNC(=O)[C@@H](N)C(C)C. The van der Waals surface area contributed by atoms with Gasteiger partial charge in [-0.3, -0.25) is 9.59 Å². The van der Waals surface area contributed by atoms with Crippen molar-refractivity contribution in [2.45, 2.75) is 33.7 Å². The highest BCUT2D eigenvalue weighted by Gasteiger charge is 2.17. The van der Waals surface area contributed by atoms with E-state index in [0.29, 0.717) is 25.7 Å². The van der Waals surface area contributed by atoms with Gasteiger partial charge in [-0.2, -0.15) is 0 Å². The molecule has 0 aromatic carbocycles. The number of hydrogen-bond donors (Lipinski definition) is 3. The highest BCUT2D eigenvalue weighted by Crippen LogP contribution is 1.97. The van der Waals surface area contributed by atoms with Crippen molar-refractivity contribution in [2.75, 3.05) is 26.3 Å². The molecule has 0 rings (SSSR count). The Morgan fingerprint density at radius 3 is 2.32 bits per heavy atom. The fraction of sp³-hybridized carbons (Fsp3) is 0.846. The number of amides is 2. The molecule has 4 N–H and O–H groups in total. The number of nitrogens with two attached hydrogens (primary N) is 1. The molecule has 0 spiro atoms. The Bertz CT molecular complexity index is 280. The summed E-state index contributed by atoms with van der Waals surface area (Å²) in [5, 5.41) is 5.17. The van der Waals surface area contributed by atoms with Crippen molar-refractivity contribution in [3.63, 3.8) is 0 Å². The first-order valence-corrected chi connectivity index (χ1v) is 6.72. The van der Waals surface area contributed by atoms with Gasteiger partial charge < -0.3 is 21.1 Å². The van der Waals surface area contributed by atoms with Crippen LogP contribution in [0.2, 0.25) is 0 Å². The topological polar surface area (TPSA) is 93.5 Å². The van der Waals surface area contributed by atoms with E-state index in [0.717, 1.165) is 0 Å². The molecule has 19 heavy (non-hydrogen) atoms. The number of hydrogen-bond acceptors (Lipinski definition) is 4. The summed E-state index contributed by atoms with van der Waals surface area (Å²) < 4.78 is 5.32. The average molecular weight is 273 g/mol. The highest BCUT2D eigenvalue weighted by atomic mass is 16.5. The van der Waals surface area contributed by atoms with Gasteiger partial charge in [0.15, 0.2) is 0 Å². The molecule has 1 atom stereocenters. The number of carbonyl (C=O) groups is 2. The molecule has 2 amide bonds. The molecule has 0 heterocycles. The summed E-state index contributed by atoms with van der Waals surface area (Å²) in [6, 6.07) is -0.581. The van der Waals surface area contributed by atoms with Crippen LogP contribution in [0, 0.1) is 11.8 Å². The first-order chi connectivity index (χ1) is 8.84. The van der Waals surface area contributed by atoms with E-state index in [1.54, 1.807) is 0 Å². The Morgan fingerprint density at radius 1 is 1.16 bits per heavy atom. The molecule has 0 saturated carbocycles. The molecular weight excluding hydrogens is 246 g/mol. The predicted molar refractivity (Wildman–Crippen MR) is 74.5 cm³/mol. The van der Waals surface area contributed by atoms with Crippen LogP contribution in [0.25, 0.3) is 0 Å². The molecule has 6 nitrogen and oxygen atoms in total. The summed E-state index contributed by atoms with van der Waals surface area (Å²) in [4.78, 5) is 22.9. The van der Waals surface area contributed by atoms with Crippen molar-refractivity contribution in [1.82, 2.24) is 10.6 Å². The summed E-state index contributed by atoms with van der Waals surface area (Å²) >= 11 is 0. The van der Waals surface area contributed by atoms with Gasteiger partial charge >= 0.3 is 0 Å². The standard InChI is InChI=1S/C13H27N3O3/c1-9(2)8-19-6-5-15-11(17)7-16-13(18)12(14)10(3)4/h9-10,12H,5-8,14H2,1-4H3,(H,15,17)(H,16,18)/t12-/m0/s1. The summed E-state index contributed by atoms with van der Waals surface area (Å²) in [5.41, 5.74) is 5.65. The number of nitrogens with one attached hydrogen (secondary N) is 2. The van der Waals surface area contributed by atoms with Gasteiger partial charge in [-0.25, -0.2) is 0 Å². The summed E-state index contributed by atoms with van der Waals surface area (Å²) in [6.07, 6.45) is 0. The molecule has 6 heteroatoms. The highest BCUT2D eigenvalue weighted by molar-refractivity contribution is 5.87. The minimum Gasteiger partial charge on any atom is -0.379 e. The molecular formula is C13H27N3O3. The van der Waals surface area contributed by atoms with Crippen molar-refractivity contribution in [2.24, 2.45) is 17.6 Å². The van der Waals surface area contributed by atoms with Crippen LogP contribution in [0.4, 0.5) is 0 Å². The molecule has 0 radical (unpaired) electrons. The maximum absolute atomic E-state index is 11.5. The number of rotatable bonds is 9. The third-order valence-corrected chi connectivity index (χ3v) is 2.46. The monoisotopic (exact) mass is 273 g/mol. The molecule has 0 bridgehead atoms. The summed E-state index contributed by atoms with van der Waals surface area (Å²) in [5.74, 6) is -0.0151. The lowest BCUT2D eigenvalue weighted by molar-refractivity contribution is -0.127. The van der Waals surface area contributed by atoms with Crippen LogP contribution in [0.5, 0.6) is 0 Å². The van der Waals surface area contributed by atoms with E-state index in [1.165, 1.54) is 0 Å². The fourth-order valence-electron chi connectivity index (χ4n) is 1.23. The van der Waals surface area contributed by atoms with Crippen molar-refractivity contribution < 1.29 is 14.3 Å². The zero-order valence-electron chi connectivity index (χ0n) is 12.4. The average Bonchev–Trinajstić information content (AvgIpc) is 2.33. The van der Waals surface area contributed by atoms with Crippen molar-refractivity contribution in [3.8, 4) is 0 Å². The lowest BCUT2D eigenvalue weighted by atomic mass is 10.1. The lowest BCUT2D eigenvalue weighted by Crippen LogP contribution is -2.47. The molecule has 0 aliphatic heterocycles. The van der Waals surface area contributed by atoms with E-state index in [-0.39, 0.29) is 24.3 Å². The third kappa shape index (κ3) is 9.44. The minimum atomic E-state index is -0.581. The maximum Gasteiger partial charge on any atom is 0.239 e. The maximum atomic E-state index is 11.5. The van der Waals surface area contributed by atoms with E-state index in [1.807, 2.05) is 13.8 Å². The quantitative estimate of drug-likeness (QED) is 0.510. The van der Waals surface area contributed by atoms with Gasteiger partial charge in [0.1, 0.15) is 0 Å². The van der Waals surface area contributed by atoms with E-state index >= 15 is 0 Å². The smallest absolute Gasteiger partial charge is 0.239 e. The predicted octanol–water partition coefficient (Wildman–Crippen LogP) is -0.125. The van der Waals surface area contributed by atoms with Gasteiger partial charge in [-0.1, -0.05) is 27.7 Å². The van der Waals surface area contributed by atoms with Crippen LogP contribution >= 0.6 is 0 Å². The molecule has 0 aromatic rings. The normalized spacial score (nSPS) is 12.6. The van der Waals surface area contributed by atoms with E-state index in [4.69, 9.17) is 10.5 Å². The number of ether oxygens (including phenoxy) is 1. The second-order valence-electron chi connectivity index (χ2n) is 5.31. The zero-order valence-corrected chi connectivity index (χ0v) is 12.4. The molecule has 0 aliphatic rings. The zero-order chi connectivity index (χ0) is 14.8. The van der Waals surface area contributed by atoms with E-state index in [2.05, 4.69) is 24.5 Å². The second kappa shape index (κ2) is 9.75. The van der Waals surface area contributed by atoms with Crippen LogP contribution in [-0.4, -0.2) is 44.2 Å². The Hall–Kier alpha value is -1.14. The van der Waals surface area contributed by atoms with Crippen molar-refractivity contribution in [3.05, 3.63) is 0 Å². The van der Waals surface area contributed by atoms with Crippen LogP contribution in [0.3, 0.4) is 0 Å². The summed E-state index contributed by atoms with van der Waals surface area (Å²) in [7, 11) is 0. The van der Waals surface area contributed by atoms with Gasteiger partial charge in [0.2, 0.25) is 11.8 Å². The van der Waals surface area contributed by atoms with Crippen LogP contribution in [0.1, 0.15) is 27.7 Å². The van der Waals surface area contributed by atoms with Crippen molar-refractivity contribution in [1.29, 1.82) is 0 Å². The molecule has 0 saturated heterocycles. The van der Waals surface area contributed by atoms with E-state index < -0.39 is 6.04 Å². The number of carbonyl (C=O) groups excluding carboxylic acids is 2. The Kier molecular flexibility index (Phi) is 9.16. The molecule has 0 aliphatic carbocycles. The van der Waals surface area contributed by atoms with E-state index in [9.17, 15) is 9.59 Å². The van der Waals surface area contributed by atoms with Gasteiger partial charge in [0.25, 0.3) is 0 Å². The van der Waals surface area contributed by atoms with Gasteiger partial charge in [0.05, 0.1) is 19.2 Å². The van der Waals surface area contributed by atoms with Gasteiger partial charge in [0, 0.05) is 13.2 Å². The first kappa shape index (κ1) is 17.9. The lowest BCUT2D eigenvalue weighted by Gasteiger charge is -2.15.